The molecule has 0 aliphatic rings. The van der Waals surface area contributed by atoms with E-state index in [2.05, 4.69) is 5.32 Å². The number of hydrogen-bond donors (Lipinski definition) is 2. The summed E-state index contributed by atoms with van der Waals surface area (Å²) in [5.41, 5.74) is 2.58. The zero-order valence-electron chi connectivity index (χ0n) is 13.0. The van der Waals surface area contributed by atoms with Crippen molar-refractivity contribution in [3.8, 4) is 5.75 Å². The van der Waals surface area contributed by atoms with Crippen molar-refractivity contribution >= 4 is 40.0 Å². The number of aryl methyl sites for hydroxylation is 1. The van der Waals surface area contributed by atoms with Gasteiger partial charge in [-0.3, -0.25) is 4.79 Å². The number of amides is 1. The van der Waals surface area contributed by atoms with E-state index >= 15 is 0 Å². The number of nitrogens with zero attached hydrogens (tertiary/aromatic N) is 1. The fraction of sp³-hybridized carbons (Fsp3) is 0.167. The highest BCUT2D eigenvalue weighted by Crippen LogP contribution is 2.25. The molecule has 6 heteroatoms. The van der Waals surface area contributed by atoms with Crippen LogP contribution in [0, 0.1) is 0 Å². The van der Waals surface area contributed by atoms with Crippen LogP contribution in [-0.4, -0.2) is 22.1 Å². The number of hydrogen-bond acceptors (Lipinski definition) is 2. The Balaban J connectivity index is 1.69. The van der Waals surface area contributed by atoms with Gasteiger partial charge in [-0.15, -0.1) is 0 Å². The van der Waals surface area contributed by atoms with Crippen molar-refractivity contribution in [1.29, 1.82) is 0 Å². The maximum absolute atomic E-state index is 12.2. The SMILES string of the molecule is Cn1cc(CCNC(=O)c2ccc(Cl)c(Cl)c2)c2cc(O)ccc21. The first kappa shape index (κ1) is 16.7. The predicted octanol–water partition coefficient (Wildman–Crippen LogP) is 4.16. The van der Waals surface area contributed by atoms with Crippen molar-refractivity contribution in [2.45, 2.75) is 6.42 Å². The van der Waals surface area contributed by atoms with E-state index in [1.807, 2.05) is 23.9 Å². The Kier molecular flexibility index (Phi) is 4.69. The largest absolute Gasteiger partial charge is 0.508 e. The molecule has 124 valence electrons. The van der Waals surface area contributed by atoms with E-state index in [0.29, 0.717) is 28.6 Å². The third-order valence-electron chi connectivity index (χ3n) is 3.92. The van der Waals surface area contributed by atoms with Gasteiger partial charge in [0, 0.05) is 36.3 Å². The van der Waals surface area contributed by atoms with E-state index in [0.717, 1.165) is 16.5 Å². The number of halogens is 2. The first-order chi connectivity index (χ1) is 11.5. The Morgan fingerprint density at radius 1 is 1.17 bits per heavy atom. The molecule has 24 heavy (non-hydrogen) atoms. The zero-order valence-corrected chi connectivity index (χ0v) is 14.5. The Morgan fingerprint density at radius 3 is 2.71 bits per heavy atom. The van der Waals surface area contributed by atoms with Gasteiger partial charge in [0.15, 0.2) is 0 Å². The van der Waals surface area contributed by atoms with E-state index in [1.54, 1.807) is 30.3 Å². The van der Waals surface area contributed by atoms with Gasteiger partial charge in [0.2, 0.25) is 0 Å². The molecule has 1 heterocycles. The molecule has 4 nitrogen and oxygen atoms in total. The number of carbonyl (C=O) groups is 1. The summed E-state index contributed by atoms with van der Waals surface area (Å²) >= 11 is 11.8. The van der Waals surface area contributed by atoms with Crippen LogP contribution < -0.4 is 5.32 Å². The number of nitrogens with one attached hydrogen (secondary N) is 1. The molecule has 2 aromatic carbocycles. The van der Waals surface area contributed by atoms with Gasteiger partial charge < -0.3 is 15.0 Å². The molecule has 3 rings (SSSR count). The molecular formula is C18H16Cl2N2O2. The average Bonchev–Trinajstić information content (AvgIpc) is 2.85. The third kappa shape index (κ3) is 3.35. The summed E-state index contributed by atoms with van der Waals surface area (Å²) in [6.45, 7) is 0.480. The molecule has 0 fully saturated rings. The first-order valence-corrected chi connectivity index (χ1v) is 8.21. The summed E-state index contributed by atoms with van der Waals surface area (Å²) in [6.07, 6.45) is 2.67. The van der Waals surface area contributed by atoms with Crippen LogP contribution in [0.4, 0.5) is 0 Å². The molecule has 0 radical (unpaired) electrons. The van der Waals surface area contributed by atoms with Crippen LogP contribution >= 0.6 is 23.2 Å². The van der Waals surface area contributed by atoms with Crippen LogP contribution in [-0.2, 0) is 13.5 Å². The number of fused-ring (bicyclic) bond motifs is 1. The highest BCUT2D eigenvalue weighted by Gasteiger charge is 2.10. The van der Waals surface area contributed by atoms with Crippen LogP contribution in [0.2, 0.25) is 10.0 Å². The minimum Gasteiger partial charge on any atom is -0.508 e. The molecule has 3 aromatic rings. The topological polar surface area (TPSA) is 54.3 Å². The lowest BCUT2D eigenvalue weighted by atomic mass is 10.1. The smallest absolute Gasteiger partial charge is 0.251 e. The second-order valence-electron chi connectivity index (χ2n) is 5.60. The van der Waals surface area contributed by atoms with Crippen molar-refractivity contribution in [1.82, 2.24) is 9.88 Å². The van der Waals surface area contributed by atoms with Gasteiger partial charge in [0.05, 0.1) is 10.0 Å². The van der Waals surface area contributed by atoms with E-state index in [9.17, 15) is 9.90 Å². The number of rotatable bonds is 4. The monoisotopic (exact) mass is 362 g/mol. The molecular weight excluding hydrogens is 347 g/mol. The highest BCUT2D eigenvalue weighted by molar-refractivity contribution is 6.42. The summed E-state index contributed by atoms with van der Waals surface area (Å²) < 4.78 is 2.00. The lowest BCUT2D eigenvalue weighted by Crippen LogP contribution is -2.25. The molecule has 2 N–H and O–H groups in total. The van der Waals surface area contributed by atoms with Gasteiger partial charge in [-0.2, -0.15) is 0 Å². The fourth-order valence-electron chi connectivity index (χ4n) is 2.71. The zero-order chi connectivity index (χ0) is 17.3. The van der Waals surface area contributed by atoms with Crippen molar-refractivity contribution < 1.29 is 9.90 Å². The fourth-order valence-corrected chi connectivity index (χ4v) is 3.01. The van der Waals surface area contributed by atoms with Crippen molar-refractivity contribution in [2.24, 2.45) is 7.05 Å². The van der Waals surface area contributed by atoms with E-state index in [4.69, 9.17) is 23.2 Å². The number of phenolic OH excluding ortho intramolecular Hbond substituents is 1. The normalized spacial score (nSPS) is 11.0. The number of aromatic nitrogens is 1. The number of carbonyl (C=O) groups excluding carboxylic acids is 1. The lowest BCUT2D eigenvalue weighted by Gasteiger charge is -2.06. The van der Waals surface area contributed by atoms with Crippen LogP contribution in [0.1, 0.15) is 15.9 Å². The summed E-state index contributed by atoms with van der Waals surface area (Å²) in [5.74, 6) is 0.0337. The molecule has 1 aromatic heterocycles. The van der Waals surface area contributed by atoms with Crippen LogP contribution in [0.5, 0.6) is 5.75 Å². The standard InChI is InChI=1S/C18H16Cl2N2O2/c1-22-10-12(14-9-13(23)3-5-17(14)22)6-7-21-18(24)11-2-4-15(19)16(20)8-11/h2-5,8-10,23H,6-7H2,1H3,(H,21,24). The minimum absolute atomic E-state index is 0.198. The lowest BCUT2D eigenvalue weighted by molar-refractivity contribution is 0.0954. The van der Waals surface area contributed by atoms with Gasteiger partial charge in [0.1, 0.15) is 5.75 Å². The van der Waals surface area contributed by atoms with Crippen LogP contribution in [0.25, 0.3) is 10.9 Å². The van der Waals surface area contributed by atoms with Gasteiger partial charge in [-0.25, -0.2) is 0 Å². The maximum atomic E-state index is 12.2. The molecule has 0 unspecified atom stereocenters. The van der Waals surface area contributed by atoms with Gasteiger partial charge >= 0.3 is 0 Å². The Labute approximate surface area is 149 Å². The van der Waals surface area contributed by atoms with E-state index in [-0.39, 0.29) is 11.7 Å². The third-order valence-corrected chi connectivity index (χ3v) is 4.66. The second-order valence-corrected chi connectivity index (χ2v) is 6.42. The molecule has 0 spiro atoms. The van der Waals surface area contributed by atoms with Gasteiger partial charge in [0.25, 0.3) is 5.91 Å². The molecule has 0 saturated carbocycles. The number of benzene rings is 2. The first-order valence-electron chi connectivity index (χ1n) is 7.46. The van der Waals surface area contributed by atoms with E-state index in [1.165, 1.54) is 0 Å². The van der Waals surface area contributed by atoms with Crippen LogP contribution in [0.3, 0.4) is 0 Å². The maximum Gasteiger partial charge on any atom is 0.251 e. The molecule has 1 amide bonds. The Morgan fingerprint density at radius 2 is 1.96 bits per heavy atom. The number of phenols is 1. The summed E-state index contributed by atoms with van der Waals surface area (Å²) in [5, 5.41) is 14.3. The predicted molar refractivity (Wildman–Crippen MR) is 97.1 cm³/mol. The summed E-state index contributed by atoms with van der Waals surface area (Å²) in [7, 11) is 1.96. The molecule has 0 atom stereocenters. The van der Waals surface area contributed by atoms with Gasteiger partial charge in [-0.1, -0.05) is 23.2 Å². The van der Waals surface area contributed by atoms with Crippen molar-refractivity contribution in [3.05, 3.63) is 63.8 Å². The Hall–Kier alpha value is -2.17. The average molecular weight is 363 g/mol. The van der Waals surface area contributed by atoms with Crippen LogP contribution in [0.15, 0.2) is 42.6 Å². The minimum atomic E-state index is -0.198. The van der Waals surface area contributed by atoms with E-state index < -0.39 is 0 Å². The second kappa shape index (κ2) is 6.75. The molecule has 0 aliphatic carbocycles. The highest BCUT2D eigenvalue weighted by atomic mass is 35.5. The molecule has 0 aliphatic heterocycles. The summed E-state index contributed by atoms with van der Waals surface area (Å²) in [6, 6.07) is 10.1. The Bertz CT molecular complexity index is 919. The van der Waals surface area contributed by atoms with Gasteiger partial charge in [-0.05, 0) is 48.4 Å². The summed E-state index contributed by atoms with van der Waals surface area (Å²) in [4.78, 5) is 12.2. The van der Waals surface area contributed by atoms with Crippen molar-refractivity contribution in [3.63, 3.8) is 0 Å². The molecule has 0 bridgehead atoms. The quantitative estimate of drug-likeness (QED) is 0.731. The van der Waals surface area contributed by atoms with Crippen molar-refractivity contribution in [2.75, 3.05) is 6.54 Å². The number of aromatic hydroxyl groups is 1. The molecule has 0 saturated heterocycles.